The van der Waals surface area contributed by atoms with Crippen molar-refractivity contribution < 1.29 is 9.47 Å². The van der Waals surface area contributed by atoms with Crippen LogP contribution in [0.25, 0.3) is 0 Å². The van der Waals surface area contributed by atoms with Gasteiger partial charge in [-0.25, -0.2) is 0 Å². The number of ether oxygens (including phenoxy) is 2. The molecule has 88 valence electrons. The molecule has 1 aromatic carbocycles. The second-order valence-corrected chi connectivity index (χ2v) is 4.57. The van der Waals surface area contributed by atoms with E-state index in [4.69, 9.17) is 21.1 Å². The fourth-order valence-electron chi connectivity index (χ4n) is 2.12. The zero-order valence-electron chi connectivity index (χ0n) is 9.75. The first-order valence-electron chi connectivity index (χ1n) is 5.72. The third-order valence-electron chi connectivity index (χ3n) is 2.93. The molecule has 0 unspecified atom stereocenters. The average molecular weight is 241 g/mol. The summed E-state index contributed by atoms with van der Waals surface area (Å²) in [5, 5.41) is 0.786. The molecular weight excluding hydrogens is 224 g/mol. The SMILES string of the molecule is CCCC1(c2ccc(Cl)c(C)c2)OCCO1. The Hall–Kier alpha value is -0.570. The molecule has 0 spiro atoms. The Morgan fingerprint density at radius 3 is 2.56 bits per heavy atom. The van der Waals surface area contributed by atoms with Crippen LogP contribution < -0.4 is 0 Å². The molecule has 2 nitrogen and oxygen atoms in total. The Kier molecular flexibility index (Phi) is 3.53. The van der Waals surface area contributed by atoms with Gasteiger partial charge < -0.3 is 9.47 Å². The van der Waals surface area contributed by atoms with Crippen molar-refractivity contribution in [2.45, 2.75) is 32.5 Å². The maximum atomic E-state index is 6.03. The zero-order valence-corrected chi connectivity index (χ0v) is 10.5. The van der Waals surface area contributed by atoms with Crippen molar-refractivity contribution in [1.29, 1.82) is 0 Å². The fourth-order valence-corrected chi connectivity index (χ4v) is 2.24. The van der Waals surface area contributed by atoms with E-state index in [1.165, 1.54) is 0 Å². The van der Waals surface area contributed by atoms with Crippen molar-refractivity contribution in [3.63, 3.8) is 0 Å². The van der Waals surface area contributed by atoms with Crippen LogP contribution in [0.5, 0.6) is 0 Å². The highest BCUT2D eigenvalue weighted by atomic mass is 35.5. The van der Waals surface area contributed by atoms with Gasteiger partial charge in [-0.05, 0) is 24.6 Å². The van der Waals surface area contributed by atoms with Crippen LogP contribution in [0.3, 0.4) is 0 Å². The summed E-state index contributed by atoms with van der Waals surface area (Å²) in [4.78, 5) is 0. The minimum Gasteiger partial charge on any atom is -0.343 e. The van der Waals surface area contributed by atoms with Gasteiger partial charge in [-0.3, -0.25) is 0 Å². The quantitative estimate of drug-likeness (QED) is 0.803. The number of aryl methyl sites for hydroxylation is 1. The molecule has 2 rings (SSSR count). The fraction of sp³-hybridized carbons (Fsp3) is 0.538. The Labute approximate surface area is 102 Å². The maximum absolute atomic E-state index is 6.03. The van der Waals surface area contributed by atoms with Crippen molar-refractivity contribution in [3.8, 4) is 0 Å². The minimum atomic E-state index is -0.538. The molecule has 0 bridgehead atoms. The Balaban J connectivity index is 2.35. The highest BCUT2D eigenvalue weighted by molar-refractivity contribution is 6.31. The van der Waals surface area contributed by atoms with Crippen molar-refractivity contribution in [3.05, 3.63) is 34.3 Å². The maximum Gasteiger partial charge on any atom is 0.194 e. The van der Waals surface area contributed by atoms with Gasteiger partial charge in [-0.1, -0.05) is 31.0 Å². The van der Waals surface area contributed by atoms with Gasteiger partial charge >= 0.3 is 0 Å². The summed E-state index contributed by atoms with van der Waals surface area (Å²) in [6.45, 7) is 5.47. The van der Waals surface area contributed by atoms with Gasteiger partial charge in [-0.15, -0.1) is 0 Å². The number of hydrogen-bond acceptors (Lipinski definition) is 2. The van der Waals surface area contributed by atoms with E-state index in [1.54, 1.807) is 0 Å². The van der Waals surface area contributed by atoms with Gasteiger partial charge in [-0.2, -0.15) is 0 Å². The molecule has 1 fully saturated rings. The molecular formula is C13H17ClO2. The lowest BCUT2D eigenvalue weighted by Crippen LogP contribution is -2.26. The van der Waals surface area contributed by atoms with E-state index in [-0.39, 0.29) is 0 Å². The molecule has 3 heteroatoms. The topological polar surface area (TPSA) is 18.5 Å². The predicted octanol–water partition coefficient (Wildman–Crippen LogP) is 3.65. The molecule has 0 saturated carbocycles. The molecule has 0 aliphatic carbocycles. The predicted molar refractivity (Wildman–Crippen MR) is 64.7 cm³/mol. The monoisotopic (exact) mass is 240 g/mol. The van der Waals surface area contributed by atoms with E-state index in [9.17, 15) is 0 Å². The highest BCUT2D eigenvalue weighted by Crippen LogP contribution is 2.37. The van der Waals surface area contributed by atoms with Gasteiger partial charge in [0.25, 0.3) is 0 Å². The molecule has 1 aliphatic heterocycles. The van der Waals surface area contributed by atoms with Gasteiger partial charge in [0.2, 0.25) is 0 Å². The summed E-state index contributed by atoms with van der Waals surface area (Å²) >= 11 is 6.03. The van der Waals surface area contributed by atoms with E-state index in [1.807, 2.05) is 19.1 Å². The molecule has 0 aromatic heterocycles. The molecule has 0 N–H and O–H groups in total. The van der Waals surface area contributed by atoms with Crippen LogP contribution in [0.4, 0.5) is 0 Å². The molecule has 0 amide bonds. The number of benzene rings is 1. The first-order chi connectivity index (χ1) is 7.68. The summed E-state index contributed by atoms with van der Waals surface area (Å²) in [5.74, 6) is -0.538. The Bertz CT molecular complexity index is 370. The lowest BCUT2D eigenvalue weighted by molar-refractivity contribution is -0.171. The summed E-state index contributed by atoms with van der Waals surface area (Å²) in [6, 6.07) is 5.97. The molecule has 16 heavy (non-hydrogen) atoms. The van der Waals surface area contributed by atoms with Crippen LogP contribution in [0.15, 0.2) is 18.2 Å². The molecule has 0 atom stereocenters. The van der Waals surface area contributed by atoms with Gasteiger partial charge in [0.1, 0.15) is 0 Å². The summed E-state index contributed by atoms with van der Waals surface area (Å²) in [6.07, 6.45) is 1.91. The lowest BCUT2D eigenvalue weighted by atomic mass is 9.99. The minimum absolute atomic E-state index is 0.538. The highest BCUT2D eigenvalue weighted by Gasteiger charge is 2.37. The lowest BCUT2D eigenvalue weighted by Gasteiger charge is -2.27. The Morgan fingerprint density at radius 2 is 2.00 bits per heavy atom. The normalized spacial score (nSPS) is 18.9. The standard InChI is InChI=1S/C13H17ClO2/c1-3-6-13(15-7-8-16-13)11-4-5-12(14)10(2)9-11/h4-5,9H,3,6-8H2,1-2H3. The number of halogens is 1. The van der Waals surface area contributed by atoms with E-state index in [2.05, 4.69) is 13.0 Å². The van der Waals surface area contributed by atoms with Crippen molar-refractivity contribution >= 4 is 11.6 Å². The molecule has 1 heterocycles. The summed E-state index contributed by atoms with van der Waals surface area (Å²) < 4.78 is 11.6. The van der Waals surface area contributed by atoms with Crippen molar-refractivity contribution in [1.82, 2.24) is 0 Å². The molecule has 1 aliphatic rings. The van der Waals surface area contributed by atoms with E-state index in [0.29, 0.717) is 13.2 Å². The van der Waals surface area contributed by atoms with E-state index < -0.39 is 5.79 Å². The third kappa shape index (κ3) is 2.10. The summed E-state index contributed by atoms with van der Waals surface area (Å²) in [7, 11) is 0. The average Bonchev–Trinajstić information content (AvgIpc) is 2.72. The van der Waals surface area contributed by atoms with E-state index >= 15 is 0 Å². The van der Waals surface area contributed by atoms with Gasteiger partial charge in [0, 0.05) is 17.0 Å². The second-order valence-electron chi connectivity index (χ2n) is 4.16. The van der Waals surface area contributed by atoms with Gasteiger partial charge in [0.15, 0.2) is 5.79 Å². The molecule has 0 radical (unpaired) electrons. The summed E-state index contributed by atoms with van der Waals surface area (Å²) in [5.41, 5.74) is 2.14. The zero-order chi connectivity index (χ0) is 11.6. The second kappa shape index (κ2) is 4.74. The van der Waals surface area contributed by atoms with Crippen LogP contribution >= 0.6 is 11.6 Å². The van der Waals surface area contributed by atoms with Gasteiger partial charge in [0.05, 0.1) is 13.2 Å². The molecule has 1 aromatic rings. The van der Waals surface area contributed by atoms with Crippen LogP contribution in [-0.2, 0) is 15.3 Å². The smallest absolute Gasteiger partial charge is 0.194 e. The number of rotatable bonds is 3. The molecule has 1 saturated heterocycles. The third-order valence-corrected chi connectivity index (χ3v) is 3.35. The van der Waals surface area contributed by atoms with Crippen LogP contribution in [0, 0.1) is 6.92 Å². The van der Waals surface area contributed by atoms with Crippen LogP contribution in [-0.4, -0.2) is 13.2 Å². The van der Waals surface area contributed by atoms with E-state index in [0.717, 1.165) is 29.0 Å². The largest absolute Gasteiger partial charge is 0.343 e. The van der Waals surface area contributed by atoms with Crippen LogP contribution in [0.1, 0.15) is 30.9 Å². The first kappa shape index (κ1) is 11.9. The van der Waals surface area contributed by atoms with Crippen LogP contribution in [0.2, 0.25) is 5.02 Å². The first-order valence-corrected chi connectivity index (χ1v) is 6.10. The Morgan fingerprint density at radius 1 is 1.31 bits per heavy atom. The van der Waals surface area contributed by atoms with Crippen molar-refractivity contribution in [2.24, 2.45) is 0 Å². The number of hydrogen-bond donors (Lipinski definition) is 0. The van der Waals surface area contributed by atoms with Crippen molar-refractivity contribution in [2.75, 3.05) is 13.2 Å².